The normalized spacial score (nSPS) is 34.1. The van der Waals surface area contributed by atoms with Crippen molar-refractivity contribution in [3.63, 3.8) is 0 Å². The summed E-state index contributed by atoms with van der Waals surface area (Å²) in [4.78, 5) is 2.31. The molecule has 82 valence electrons. The van der Waals surface area contributed by atoms with Crippen LogP contribution in [0.25, 0.3) is 0 Å². The van der Waals surface area contributed by atoms with Crippen molar-refractivity contribution in [3.8, 4) is 0 Å². The first-order valence-corrected chi connectivity index (χ1v) is 5.33. The molecule has 2 aliphatic heterocycles. The molecule has 0 aromatic rings. The second-order valence-corrected chi connectivity index (χ2v) is 4.73. The maximum Gasteiger partial charge on any atom is 0.0765 e. The summed E-state index contributed by atoms with van der Waals surface area (Å²) >= 11 is 0. The molecule has 0 aromatic heterocycles. The lowest BCUT2D eigenvalue weighted by Crippen LogP contribution is -2.58. The van der Waals surface area contributed by atoms with E-state index in [2.05, 4.69) is 11.9 Å². The molecule has 0 aliphatic carbocycles. The van der Waals surface area contributed by atoms with Gasteiger partial charge in [-0.25, -0.2) is 0 Å². The summed E-state index contributed by atoms with van der Waals surface area (Å²) in [5, 5.41) is 9.95. The van der Waals surface area contributed by atoms with Gasteiger partial charge in [-0.15, -0.1) is 0 Å². The van der Waals surface area contributed by atoms with Crippen LogP contribution in [-0.2, 0) is 4.74 Å². The Morgan fingerprint density at radius 1 is 1.64 bits per heavy atom. The van der Waals surface area contributed by atoms with Gasteiger partial charge in [-0.3, -0.25) is 0 Å². The largest absolute Gasteiger partial charge is 0.391 e. The summed E-state index contributed by atoms with van der Waals surface area (Å²) in [6.07, 6.45) is 0.768. The molecule has 0 amide bonds. The average molecular weight is 200 g/mol. The van der Waals surface area contributed by atoms with Gasteiger partial charge in [0, 0.05) is 18.5 Å². The summed E-state index contributed by atoms with van der Waals surface area (Å²) in [6, 6.07) is 0. The molecular formula is C10H20N2O2. The third kappa shape index (κ3) is 1.46. The number of hydrogen-bond donors (Lipinski definition) is 2. The van der Waals surface area contributed by atoms with Crippen molar-refractivity contribution in [3.05, 3.63) is 0 Å². The zero-order chi connectivity index (χ0) is 10.2. The van der Waals surface area contributed by atoms with Crippen LogP contribution in [0.1, 0.15) is 6.42 Å². The highest BCUT2D eigenvalue weighted by atomic mass is 16.5. The fourth-order valence-electron chi connectivity index (χ4n) is 2.68. The average Bonchev–Trinajstić information content (AvgIpc) is 2.50. The van der Waals surface area contributed by atoms with E-state index in [1.807, 2.05) is 0 Å². The van der Waals surface area contributed by atoms with Crippen LogP contribution in [0, 0.1) is 11.3 Å². The van der Waals surface area contributed by atoms with Gasteiger partial charge in [0.05, 0.1) is 19.3 Å². The summed E-state index contributed by atoms with van der Waals surface area (Å²) in [5.41, 5.74) is 5.51. The van der Waals surface area contributed by atoms with E-state index >= 15 is 0 Å². The van der Waals surface area contributed by atoms with E-state index in [4.69, 9.17) is 10.5 Å². The van der Waals surface area contributed by atoms with Gasteiger partial charge in [-0.1, -0.05) is 0 Å². The summed E-state index contributed by atoms with van der Waals surface area (Å²) in [5.74, 6) is 0.555. The minimum atomic E-state index is -0.396. The Labute approximate surface area is 85.0 Å². The number of ether oxygens (including phenoxy) is 1. The Bertz CT molecular complexity index is 206. The minimum absolute atomic E-state index is 0.0422. The van der Waals surface area contributed by atoms with E-state index in [-0.39, 0.29) is 5.41 Å². The van der Waals surface area contributed by atoms with Gasteiger partial charge in [0.25, 0.3) is 0 Å². The van der Waals surface area contributed by atoms with Crippen LogP contribution >= 0.6 is 0 Å². The van der Waals surface area contributed by atoms with E-state index in [0.717, 1.165) is 19.5 Å². The fourth-order valence-corrected chi connectivity index (χ4v) is 2.68. The number of aliphatic hydroxyl groups excluding tert-OH is 1. The predicted molar refractivity (Wildman–Crippen MR) is 53.9 cm³/mol. The van der Waals surface area contributed by atoms with Crippen LogP contribution in [0.4, 0.5) is 0 Å². The fraction of sp³-hybridized carbons (Fsp3) is 1.00. The van der Waals surface area contributed by atoms with Gasteiger partial charge in [0.1, 0.15) is 0 Å². The van der Waals surface area contributed by atoms with E-state index in [9.17, 15) is 5.11 Å². The Morgan fingerprint density at radius 3 is 2.71 bits per heavy atom. The van der Waals surface area contributed by atoms with Crippen molar-refractivity contribution in [2.45, 2.75) is 12.5 Å². The molecule has 2 unspecified atom stereocenters. The maximum absolute atomic E-state index is 9.95. The second kappa shape index (κ2) is 3.77. The predicted octanol–water partition coefficient (Wildman–Crippen LogP) is -0.726. The maximum atomic E-state index is 9.95. The molecule has 2 fully saturated rings. The number of aliphatic hydroxyl groups is 1. The molecule has 0 saturated carbocycles. The van der Waals surface area contributed by atoms with Crippen molar-refractivity contribution in [1.29, 1.82) is 0 Å². The van der Waals surface area contributed by atoms with Crippen molar-refractivity contribution < 1.29 is 9.84 Å². The lowest BCUT2D eigenvalue weighted by molar-refractivity contribution is -0.195. The zero-order valence-electron chi connectivity index (χ0n) is 8.78. The smallest absolute Gasteiger partial charge is 0.0765 e. The number of nitrogens with two attached hydrogens (primary N) is 1. The van der Waals surface area contributed by atoms with E-state index in [1.54, 1.807) is 0 Å². The first-order chi connectivity index (χ1) is 6.69. The third-order valence-corrected chi connectivity index (χ3v) is 3.83. The molecule has 0 aromatic carbocycles. The molecule has 2 rings (SSSR count). The van der Waals surface area contributed by atoms with Crippen LogP contribution in [0.15, 0.2) is 0 Å². The Kier molecular flexibility index (Phi) is 2.79. The highest BCUT2D eigenvalue weighted by molar-refractivity contribution is 5.00. The SMILES string of the molecule is CN1CCC(C2(C(O)CN)COC2)C1. The lowest BCUT2D eigenvalue weighted by Gasteiger charge is -2.48. The van der Waals surface area contributed by atoms with E-state index < -0.39 is 6.10 Å². The van der Waals surface area contributed by atoms with E-state index in [1.165, 1.54) is 0 Å². The minimum Gasteiger partial charge on any atom is -0.391 e. The quantitative estimate of drug-likeness (QED) is 0.631. The Hall–Kier alpha value is -0.160. The highest BCUT2D eigenvalue weighted by Crippen LogP contribution is 2.43. The molecule has 2 saturated heterocycles. The van der Waals surface area contributed by atoms with E-state index in [0.29, 0.717) is 25.7 Å². The van der Waals surface area contributed by atoms with Crippen molar-refractivity contribution in [2.24, 2.45) is 17.1 Å². The third-order valence-electron chi connectivity index (χ3n) is 3.83. The number of hydrogen-bond acceptors (Lipinski definition) is 4. The van der Waals surface area contributed by atoms with Crippen LogP contribution in [0.3, 0.4) is 0 Å². The topological polar surface area (TPSA) is 58.7 Å². The summed E-state index contributed by atoms with van der Waals surface area (Å²) in [6.45, 7) is 3.92. The molecule has 14 heavy (non-hydrogen) atoms. The molecule has 4 heteroatoms. The molecule has 0 bridgehead atoms. The molecule has 2 aliphatic rings. The lowest BCUT2D eigenvalue weighted by atomic mass is 9.69. The van der Waals surface area contributed by atoms with Gasteiger partial charge >= 0.3 is 0 Å². The Morgan fingerprint density at radius 2 is 2.36 bits per heavy atom. The van der Waals surface area contributed by atoms with Crippen LogP contribution in [-0.4, -0.2) is 56.0 Å². The zero-order valence-corrected chi connectivity index (χ0v) is 8.78. The summed E-state index contributed by atoms with van der Waals surface area (Å²) in [7, 11) is 2.13. The van der Waals surface area contributed by atoms with Crippen LogP contribution in [0.2, 0.25) is 0 Å². The van der Waals surface area contributed by atoms with Gasteiger partial charge in [0.15, 0.2) is 0 Å². The summed E-state index contributed by atoms with van der Waals surface area (Å²) < 4.78 is 5.27. The van der Waals surface area contributed by atoms with Crippen molar-refractivity contribution in [2.75, 3.05) is 39.9 Å². The van der Waals surface area contributed by atoms with Gasteiger partial charge in [0.2, 0.25) is 0 Å². The van der Waals surface area contributed by atoms with Crippen molar-refractivity contribution >= 4 is 0 Å². The second-order valence-electron chi connectivity index (χ2n) is 4.73. The number of rotatable bonds is 3. The molecular weight excluding hydrogens is 180 g/mol. The standard InChI is InChI=1S/C10H20N2O2/c1-12-3-2-8(5-12)10(6-14-7-10)9(13)4-11/h8-9,13H,2-7,11H2,1H3. The number of likely N-dealkylation sites (tertiary alicyclic amines) is 1. The first kappa shape index (κ1) is 10.4. The molecule has 2 atom stereocenters. The molecule has 2 heterocycles. The van der Waals surface area contributed by atoms with Crippen LogP contribution < -0.4 is 5.73 Å². The molecule has 4 nitrogen and oxygen atoms in total. The van der Waals surface area contributed by atoms with Gasteiger partial charge in [-0.05, 0) is 25.9 Å². The Balaban J connectivity index is 2.04. The molecule has 0 radical (unpaired) electrons. The first-order valence-electron chi connectivity index (χ1n) is 5.33. The highest BCUT2D eigenvalue weighted by Gasteiger charge is 2.51. The monoisotopic (exact) mass is 200 g/mol. The number of nitrogens with zero attached hydrogens (tertiary/aromatic N) is 1. The molecule has 0 spiro atoms. The molecule has 3 N–H and O–H groups in total. The van der Waals surface area contributed by atoms with Crippen molar-refractivity contribution in [1.82, 2.24) is 4.90 Å². The van der Waals surface area contributed by atoms with Crippen LogP contribution in [0.5, 0.6) is 0 Å². The van der Waals surface area contributed by atoms with Gasteiger partial charge < -0.3 is 20.5 Å². The van der Waals surface area contributed by atoms with Gasteiger partial charge in [-0.2, -0.15) is 0 Å².